The third-order valence-electron chi connectivity index (χ3n) is 5.02. The summed E-state index contributed by atoms with van der Waals surface area (Å²) in [7, 11) is -2.87. The van der Waals surface area contributed by atoms with E-state index in [4.69, 9.17) is 9.26 Å². The molecule has 0 heterocycles. The molecule has 0 aliphatic rings. The predicted molar refractivity (Wildman–Crippen MR) is 123 cm³/mol. The first kappa shape index (κ1) is 24.8. The van der Waals surface area contributed by atoms with Crippen LogP contribution in [-0.2, 0) is 13.9 Å². The van der Waals surface area contributed by atoms with Gasteiger partial charge in [0, 0.05) is 12.8 Å². The minimum atomic E-state index is -4.04. The van der Waals surface area contributed by atoms with Gasteiger partial charge in [0.05, 0.1) is 0 Å². The highest BCUT2D eigenvalue weighted by Gasteiger charge is 2.43. The Morgan fingerprint density at radius 1 is 1.19 bits per heavy atom. The van der Waals surface area contributed by atoms with Crippen molar-refractivity contribution in [2.24, 2.45) is 0 Å². The Labute approximate surface area is 184 Å². The maximum absolute atomic E-state index is 13.3. The molecule has 2 aromatic carbocycles. The number of para-hydroxylation sites is 1. The molecule has 0 aromatic heterocycles. The van der Waals surface area contributed by atoms with Crippen LogP contribution in [0, 0.1) is 13.8 Å². The molecule has 31 heavy (non-hydrogen) atoms. The molecule has 3 N–H and O–H groups in total. The summed E-state index contributed by atoms with van der Waals surface area (Å²) >= 11 is 0. The maximum atomic E-state index is 13.3. The molecule has 0 aliphatic carbocycles. The van der Waals surface area contributed by atoms with Gasteiger partial charge in [-0.05, 0) is 56.5 Å². The van der Waals surface area contributed by atoms with Crippen LogP contribution in [0.4, 0.5) is 5.69 Å². The first-order valence-corrected chi connectivity index (χ1v) is 11.5. The van der Waals surface area contributed by atoms with Gasteiger partial charge in [0.1, 0.15) is 23.7 Å². The second kappa shape index (κ2) is 10.2. The second-order valence-corrected chi connectivity index (χ2v) is 10.3. The molecule has 2 rings (SSSR count). The highest BCUT2D eigenvalue weighted by atomic mass is 31.2. The van der Waals surface area contributed by atoms with E-state index in [1.165, 1.54) is 21.0 Å². The SMILES string of the molecule is C=CCOc1ccc(C(NC(C)(C)P(=O)(O)OC)C(=O)Nc2c(C)cccc2C)cc1. The minimum absolute atomic E-state index is 0.360. The summed E-state index contributed by atoms with van der Waals surface area (Å²) in [6.07, 6.45) is 1.64. The van der Waals surface area contributed by atoms with E-state index in [9.17, 15) is 14.3 Å². The lowest BCUT2D eigenvalue weighted by Gasteiger charge is -2.33. The van der Waals surface area contributed by atoms with Crippen LogP contribution in [0.5, 0.6) is 5.75 Å². The monoisotopic (exact) mass is 446 g/mol. The van der Waals surface area contributed by atoms with E-state index < -0.39 is 18.9 Å². The molecule has 2 aromatic rings. The molecule has 1 amide bonds. The highest BCUT2D eigenvalue weighted by Crippen LogP contribution is 2.53. The van der Waals surface area contributed by atoms with Crippen LogP contribution in [0.3, 0.4) is 0 Å². The molecule has 0 bridgehead atoms. The number of nitrogens with one attached hydrogen (secondary N) is 2. The Hall–Kier alpha value is -2.44. The fraction of sp³-hybridized carbons (Fsp3) is 0.348. The van der Waals surface area contributed by atoms with E-state index in [1.54, 1.807) is 30.3 Å². The number of benzene rings is 2. The Balaban J connectivity index is 2.41. The lowest BCUT2D eigenvalue weighted by Crippen LogP contribution is -2.46. The summed E-state index contributed by atoms with van der Waals surface area (Å²) in [5, 5.41) is 4.59. The molecule has 0 fully saturated rings. The van der Waals surface area contributed by atoms with Crippen molar-refractivity contribution in [2.45, 2.75) is 39.0 Å². The van der Waals surface area contributed by atoms with Crippen LogP contribution in [-0.4, -0.2) is 29.8 Å². The third-order valence-corrected chi connectivity index (χ3v) is 7.06. The van der Waals surface area contributed by atoms with Crippen LogP contribution in [0.1, 0.15) is 36.6 Å². The first-order valence-electron chi connectivity index (χ1n) is 9.89. The van der Waals surface area contributed by atoms with Crippen molar-refractivity contribution in [3.05, 3.63) is 71.8 Å². The Kier molecular flexibility index (Phi) is 8.21. The van der Waals surface area contributed by atoms with Gasteiger partial charge in [-0.1, -0.05) is 43.0 Å². The number of carbonyl (C=O) groups excluding carboxylic acids is 1. The van der Waals surface area contributed by atoms with Gasteiger partial charge in [-0.2, -0.15) is 0 Å². The number of amides is 1. The average molecular weight is 446 g/mol. The van der Waals surface area contributed by atoms with E-state index in [-0.39, 0.29) is 5.91 Å². The van der Waals surface area contributed by atoms with Crippen LogP contribution in [0.25, 0.3) is 0 Å². The van der Waals surface area contributed by atoms with Crippen LogP contribution < -0.4 is 15.4 Å². The molecule has 168 valence electrons. The smallest absolute Gasteiger partial charge is 0.347 e. The number of ether oxygens (including phenoxy) is 1. The summed E-state index contributed by atoms with van der Waals surface area (Å²) in [6.45, 7) is 10.9. The van der Waals surface area contributed by atoms with Crippen molar-refractivity contribution in [3.63, 3.8) is 0 Å². The van der Waals surface area contributed by atoms with Crippen LogP contribution in [0.15, 0.2) is 55.1 Å². The van der Waals surface area contributed by atoms with Gasteiger partial charge in [0.15, 0.2) is 0 Å². The number of hydrogen-bond acceptors (Lipinski definition) is 5. The van der Waals surface area contributed by atoms with Gasteiger partial charge in [-0.3, -0.25) is 14.7 Å². The highest BCUT2D eigenvalue weighted by molar-refractivity contribution is 7.54. The van der Waals surface area contributed by atoms with Crippen LogP contribution in [0.2, 0.25) is 0 Å². The quantitative estimate of drug-likeness (QED) is 0.361. The molecule has 2 unspecified atom stereocenters. The van der Waals surface area contributed by atoms with Crippen molar-refractivity contribution < 1.29 is 23.5 Å². The first-order chi connectivity index (χ1) is 14.5. The van der Waals surface area contributed by atoms with Gasteiger partial charge in [-0.25, -0.2) is 0 Å². The zero-order chi connectivity index (χ0) is 23.2. The van der Waals surface area contributed by atoms with Crippen molar-refractivity contribution in [3.8, 4) is 5.75 Å². The van der Waals surface area contributed by atoms with Crippen LogP contribution >= 0.6 is 7.60 Å². The lowest BCUT2D eigenvalue weighted by molar-refractivity contribution is -0.118. The van der Waals surface area contributed by atoms with Crippen molar-refractivity contribution in [1.29, 1.82) is 0 Å². The normalized spacial score (nSPS) is 14.4. The molecule has 2 atom stereocenters. The molecule has 0 aliphatic heterocycles. The molecule has 0 spiro atoms. The summed E-state index contributed by atoms with van der Waals surface area (Å²) in [6, 6.07) is 11.8. The molecule has 0 saturated carbocycles. The second-order valence-electron chi connectivity index (χ2n) is 7.76. The van der Waals surface area contributed by atoms with Crippen molar-refractivity contribution in [2.75, 3.05) is 19.0 Å². The number of aryl methyl sites for hydroxylation is 2. The topological polar surface area (TPSA) is 96.9 Å². The van der Waals surface area contributed by atoms with E-state index in [1.807, 2.05) is 32.0 Å². The van der Waals surface area contributed by atoms with Gasteiger partial charge in [-0.15, -0.1) is 0 Å². The number of carbonyl (C=O) groups is 1. The standard InChI is InChI=1S/C23H31N2O5P/c1-7-15-30-19-13-11-18(12-14-19)21(25-23(4,5)31(27,28)29-6)22(26)24-20-16(2)9-8-10-17(20)3/h7-14,21,25H,1,15H2,2-6H3,(H,24,26)(H,27,28). The largest absolute Gasteiger partial charge is 0.490 e. The third kappa shape index (κ3) is 6.05. The maximum Gasteiger partial charge on any atom is 0.347 e. The summed E-state index contributed by atoms with van der Waals surface area (Å²) in [4.78, 5) is 23.6. The van der Waals surface area contributed by atoms with Gasteiger partial charge in [0.25, 0.3) is 0 Å². The number of rotatable bonds is 10. The van der Waals surface area contributed by atoms with E-state index in [2.05, 4.69) is 17.2 Å². The number of anilines is 1. The lowest BCUT2D eigenvalue weighted by atomic mass is 10.0. The van der Waals surface area contributed by atoms with Gasteiger partial charge in [0.2, 0.25) is 5.91 Å². The Morgan fingerprint density at radius 2 is 1.77 bits per heavy atom. The minimum Gasteiger partial charge on any atom is -0.490 e. The van der Waals surface area contributed by atoms with Gasteiger partial charge >= 0.3 is 7.60 Å². The van der Waals surface area contributed by atoms with Crippen molar-refractivity contribution in [1.82, 2.24) is 5.32 Å². The van der Waals surface area contributed by atoms with Gasteiger partial charge < -0.3 is 19.5 Å². The fourth-order valence-electron chi connectivity index (χ4n) is 3.08. The molecule has 0 radical (unpaired) electrons. The molecular formula is C23H31N2O5P. The zero-order valence-corrected chi connectivity index (χ0v) is 19.5. The Morgan fingerprint density at radius 3 is 2.29 bits per heavy atom. The molecule has 0 saturated heterocycles. The summed E-state index contributed by atoms with van der Waals surface area (Å²) in [5.74, 6) is 0.267. The van der Waals surface area contributed by atoms with E-state index in [0.29, 0.717) is 23.6 Å². The summed E-state index contributed by atoms with van der Waals surface area (Å²) < 4.78 is 22.9. The zero-order valence-electron chi connectivity index (χ0n) is 18.6. The molecule has 7 nitrogen and oxygen atoms in total. The summed E-state index contributed by atoms with van der Waals surface area (Å²) in [5.41, 5.74) is 3.16. The predicted octanol–water partition coefficient (Wildman–Crippen LogP) is 4.71. The van der Waals surface area contributed by atoms with E-state index >= 15 is 0 Å². The Bertz CT molecular complexity index is 952. The van der Waals surface area contributed by atoms with E-state index in [0.717, 1.165) is 11.1 Å². The fourth-order valence-corrected chi connectivity index (χ4v) is 3.83. The molecule has 8 heteroatoms. The number of hydrogen-bond donors (Lipinski definition) is 3. The van der Waals surface area contributed by atoms with Crippen molar-refractivity contribution >= 4 is 19.2 Å². The molecular weight excluding hydrogens is 415 g/mol. The average Bonchev–Trinajstić information content (AvgIpc) is 2.73.